The van der Waals surface area contributed by atoms with E-state index in [9.17, 15) is 8.42 Å². The minimum Gasteiger partial charge on any atom is -0.468 e. The molecule has 102 valence electrons. The third kappa shape index (κ3) is 3.83. The van der Waals surface area contributed by atoms with Crippen LogP contribution in [0.3, 0.4) is 0 Å². The minimum atomic E-state index is -2.80. The van der Waals surface area contributed by atoms with E-state index < -0.39 is 9.84 Å². The maximum Gasteiger partial charge on any atom is 0.152 e. The fourth-order valence-corrected chi connectivity index (χ4v) is 3.28. The van der Waals surface area contributed by atoms with Gasteiger partial charge in [-0.2, -0.15) is 0 Å². The molecule has 0 bridgehead atoms. The van der Waals surface area contributed by atoms with Crippen molar-refractivity contribution in [2.24, 2.45) is 0 Å². The SMILES string of the molecule is CCNCc1coc(CN2CCS(=O)(=O)CC2)c1. The quantitative estimate of drug-likeness (QED) is 0.851. The first-order chi connectivity index (χ1) is 8.59. The molecule has 6 heteroatoms. The van der Waals surface area contributed by atoms with Gasteiger partial charge in [-0.05, 0) is 12.6 Å². The highest BCUT2D eigenvalue weighted by atomic mass is 32.2. The van der Waals surface area contributed by atoms with Crippen molar-refractivity contribution in [3.63, 3.8) is 0 Å². The van der Waals surface area contributed by atoms with Gasteiger partial charge < -0.3 is 9.73 Å². The van der Waals surface area contributed by atoms with E-state index in [1.807, 2.05) is 6.07 Å². The Bertz CT molecular complexity index is 467. The van der Waals surface area contributed by atoms with E-state index in [0.29, 0.717) is 19.6 Å². The summed E-state index contributed by atoms with van der Waals surface area (Å²) in [6.45, 7) is 5.72. The Balaban J connectivity index is 1.84. The van der Waals surface area contributed by atoms with Gasteiger partial charge in [0.1, 0.15) is 5.76 Å². The lowest BCUT2D eigenvalue weighted by Crippen LogP contribution is -2.39. The molecule has 1 aliphatic heterocycles. The first-order valence-electron chi connectivity index (χ1n) is 6.29. The molecule has 1 aliphatic rings. The molecule has 5 nitrogen and oxygen atoms in total. The fraction of sp³-hybridized carbons (Fsp3) is 0.667. The van der Waals surface area contributed by atoms with Gasteiger partial charge in [-0.1, -0.05) is 6.92 Å². The standard InChI is InChI=1S/C12H20N2O3S/c1-2-13-8-11-7-12(17-10-11)9-14-3-5-18(15,16)6-4-14/h7,10,13H,2-6,8-9H2,1H3. The maximum atomic E-state index is 11.3. The Kier molecular flexibility index (Phi) is 4.42. The van der Waals surface area contributed by atoms with Crippen LogP contribution in [0.25, 0.3) is 0 Å². The first-order valence-corrected chi connectivity index (χ1v) is 8.11. The molecule has 0 radical (unpaired) electrons. The second-order valence-corrected chi connectivity index (χ2v) is 6.93. The molecule has 18 heavy (non-hydrogen) atoms. The summed E-state index contributed by atoms with van der Waals surface area (Å²) in [5, 5.41) is 3.24. The van der Waals surface area contributed by atoms with Crippen LogP contribution in [-0.4, -0.2) is 44.5 Å². The van der Waals surface area contributed by atoms with E-state index in [-0.39, 0.29) is 11.5 Å². The molecule has 0 spiro atoms. The van der Waals surface area contributed by atoms with Gasteiger partial charge in [0.05, 0.1) is 24.3 Å². The van der Waals surface area contributed by atoms with Crippen molar-refractivity contribution in [1.82, 2.24) is 10.2 Å². The number of sulfone groups is 1. The molecule has 1 saturated heterocycles. The average Bonchev–Trinajstić information content (AvgIpc) is 2.77. The summed E-state index contributed by atoms with van der Waals surface area (Å²) in [7, 11) is -2.80. The average molecular weight is 272 g/mol. The largest absolute Gasteiger partial charge is 0.468 e. The van der Waals surface area contributed by atoms with Gasteiger partial charge in [0, 0.05) is 25.2 Å². The van der Waals surface area contributed by atoms with Crippen molar-refractivity contribution in [1.29, 1.82) is 0 Å². The van der Waals surface area contributed by atoms with Gasteiger partial charge in [-0.3, -0.25) is 4.90 Å². The molecular formula is C12H20N2O3S. The molecular weight excluding hydrogens is 252 g/mol. The van der Waals surface area contributed by atoms with Crippen LogP contribution in [0.15, 0.2) is 16.7 Å². The Morgan fingerprint density at radius 2 is 2.11 bits per heavy atom. The van der Waals surface area contributed by atoms with Crippen LogP contribution in [0.1, 0.15) is 18.2 Å². The fourth-order valence-electron chi connectivity index (χ4n) is 2.00. The Labute approximate surface area is 108 Å². The number of nitrogens with zero attached hydrogens (tertiary/aromatic N) is 1. The zero-order valence-electron chi connectivity index (χ0n) is 10.7. The van der Waals surface area contributed by atoms with Gasteiger partial charge in [0.15, 0.2) is 9.84 Å². The maximum absolute atomic E-state index is 11.3. The predicted molar refractivity (Wildman–Crippen MR) is 70.0 cm³/mol. The Morgan fingerprint density at radius 1 is 1.39 bits per heavy atom. The molecule has 0 saturated carbocycles. The molecule has 1 N–H and O–H groups in total. The summed E-state index contributed by atoms with van der Waals surface area (Å²) < 4.78 is 28.1. The molecule has 0 amide bonds. The van der Waals surface area contributed by atoms with Crippen LogP contribution in [-0.2, 0) is 22.9 Å². The summed E-state index contributed by atoms with van der Waals surface area (Å²) in [6, 6.07) is 2.03. The van der Waals surface area contributed by atoms with Gasteiger partial charge in [-0.15, -0.1) is 0 Å². The molecule has 0 atom stereocenters. The van der Waals surface area contributed by atoms with Crippen LogP contribution in [0, 0.1) is 0 Å². The molecule has 0 aliphatic carbocycles. The topological polar surface area (TPSA) is 62.6 Å². The predicted octanol–water partition coefficient (Wildman–Crippen LogP) is 0.619. The second-order valence-electron chi connectivity index (χ2n) is 4.63. The summed E-state index contributed by atoms with van der Waals surface area (Å²) in [6.07, 6.45) is 1.76. The summed E-state index contributed by atoms with van der Waals surface area (Å²) in [5.74, 6) is 1.43. The summed E-state index contributed by atoms with van der Waals surface area (Å²) in [5.41, 5.74) is 1.14. The van der Waals surface area contributed by atoms with Crippen molar-refractivity contribution >= 4 is 9.84 Å². The van der Waals surface area contributed by atoms with Crippen LogP contribution in [0.2, 0.25) is 0 Å². The summed E-state index contributed by atoms with van der Waals surface area (Å²) >= 11 is 0. The van der Waals surface area contributed by atoms with E-state index in [4.69, 9.17) is 4.42 Å². The molecule has 0 aromatic carbocycles. The monoisotopic (exact) mass is 272 g/mol. The second kappa shape index (κ2) is 5.86. The molecule has 2 heterocycles. The zero-order chi connectivity index (χ0) is 13.0. The van der Waals surface area contributed by atoms with Crippen LogP contribution < -0.4 is 5.32 Å². The van der Waals surface area contributed by atoms with Gasteiger partial charge >= 0.3 is 0 Å². The first kappa shape index (κ1) is 13.6. The van der Waals surface area contributed by atoms with Gasteiger partial charge in [0.2, 0.25) is 0 Å². The van der Waals surface area contributed by atoms with Crippen molar-refractivity contribution < 1.29 is 12.8 Å². The number of hydrogen-bond donors (Lipinski definition) is 1. The van der Waals surface area contributed by atoms with Crippen molar-refractivity contribution in [2.45, 2.75) is 20.0 Å². The van der Waals surface area contributed by atoms with E-state index in [2.05, 4.69) is 17.1 Å². The van der Waals surface area contributed by atoms with E-state index in [1.54, 1.807) is 6.26 Å². The Morgan fingerprint density at radius 3 is 2.78 bits per heavy atom. The lowest BCUT2D eigenvalue weighted by atomic mass is 10.3. The highest BCUT2D eigenvalue weighted by Gasteiger charge is 2.22. The number of hydrogen-bond acceptors (Lipinski definition) is 5. The van der Waals surface area contributed by atoms with Crippen LogP contribution in [0.5, 0.6) is 0 Å². The van der Waals surface area contributed by atoms with E-state index in [0.717, 1.165) is 24.4 Å². The third-order valence-electron chi connectivity index (χ3n) is 3.10. The number of furan rings is 1. The number of rotatable bonds is 5. The molecule has 1 aromatic rings. The van der Waals surface area contributed by atoms with Crippen LogP contribution in [0.4, 0.5) is 0 Å². The van der Waals surface area contributed by atoms with Crippen molar-refractivity contribution in [2.75, 3.05) is 31.1 Å². The molecule has 1 aromatic heterocycles. The highest BCUT2D eigenvalue weighted by Crippen LogP contribution is 2.13. The van der Waals surface area contributed by atoms with Crippen molar-refractivity contribution in [3.05, 3.63) is 23.7 Å². The lowest BCUT2D eigenvalue weighted by molar-refractivity contribution is 0.262. The Hall–Kier alpha value is -0.850. The minimum absolute atomic E-state index is 0.262. The normalized spacial score (nSPS) is 20.1. The van der Waals surface area contributed by atoms with Gasteiger partial charge in [0.25, 0.3) is 0 Å². The molecule has 0 unspecified atom stereocenters. The lowest BCUT2D eigenvalue weighted by Gasteiger charge is -2.25. The van der Waals surface area contributed by atoms with E-state index in [1.165, 1.54) is 0 Å². The van der Waals surface area contributed by atoms with Crippen molar-refractivity contribution in [3.8, 4) is 0 Å². The highest BCUT2D eigenvalue weighted by molar-refractivity contribution is 7.91. The molecule has 1 fully saturated rings. The zero-order valence-corrected chi connectivity index (χ0v) is 11.5. The third-order valence-corrected chi connectivity index (χ3v) is 4.71. The molecule has 2 rings (SSSR count). The number of nitrogens with one attached hydrogen (secondary N) is 1. The smallest absolute Gasteiger partial charge is 0.152 e. The van der Waals surface area contributed by atoms with Crippen LogP contribution >= 0.6 is 0 Å². The van der Waals surface area contributed by atoms with E-state index >= 15 is 0 Å². The summed E-state index contributed by atoms with van der Waals surface area (Å²) in [4.78, 5) is 2.12. The van der Waals surface area contributed by atoms with Gasteiger partial charge in [-0.25, -0.2) is 8.42 Å².